The minimum atomic E-state index is -0.238. The van der Waals surface area contributed by atoms with Gasteiger partial charge >= 0.3 is 62.0 Å². The number of hydrogen-bond acceptors (Lipinski definition) is 0. The van der Waals surface area contributed by atoms with Crippen LogP contribution in [0.4, 0.5) is 0 Å². The molecule has 0 atom stereocenters. The molecule has 1 aliphatic rings. The molecular formula is C21H38HfN2. The molecule has 0 N–H and O–H groups in total. The van der Waals surface area contributed by atoms with Crippen LogP contribution in [0.25, 0.3) is 10.6 Å². The van der Waals surface area contributed by atoms with E-state index in [9.17, 15) is 0 Å². The first-order valence-electron chi connectivity index (χ1n) is 9.34. The number of unbranched alkanes of at least 4 members (excludes halogenated alkanes) is 2. The molecule has 0 amide bonds. The normalized spacial score (nSPS) is 11.4. The maximum atomic E-state index is 4.16. The van der Waals surface area contributed by atoms with Crippen molar-refractivity contribution in [1.82, 2.24) is 0 Å². The molecule has 0 saturated heterocycles. The number of allylic oxidation sites excluding steroid dienone is 6. The molecule has 0 aromatic heterocycles. The van der Waals surface area contributed by atoms with Crippen molar-refractivity contribution in [2.75, 3.05) is 26.2 Å². The fourth-order valence-corrected chi connectivity index (χ4v) is 5.16. The molecular weight excluding hydrogens is 459 g/mol. The van der Waals surface area contributed by atoms with Crippen molar-refractivity contribution in [3.8, 4) is 0 Å². The van der Waals surface area contributed by atoms with Crippen LogP contribution in [0.5, 0.6) is 0 Å². The molecule has 0 fully saturated rings. The molecule has 0 unspecified atom stereocenters. The maximum absolute atomic E-state index is 4.16. The molecule has 2 nitrogen and oxygen atoms in total. The fourth-order valence-electron chi connectivity index (χ4n) is 1.82. The van der Waals surface area contributed by atoms with E-state index in [0.29, 0.717) is 0 Å². The zero-order valence-electron chi connectivity index (χ0n) is 16.3. The Hall–Kier alpha value is -0.250. The summed E-state index contributed by atoms with van der Waals surface area (Å²) in [7, 11) is 0. The SMILES string of the molecule is C=CCCC[N-]CC.C=CCCC[N-]CC.C[CH2][Hf+2][C]1=CC=CC1. The Bertz CT molecular complexity index is 306. The molecule has 3 heteroatoms. The van der Waals surface area contributed by atoms with Crippen LogP contribution < -0.4 is 0 Å². The van der Waals surface area contributed by atoms with Gasteiger partial charge in [-0.1, -0.05) is 38.8 Å². The van der Waals surface area contributed by atoms with Crippen molar-refractivity contribution in [1.29, 1.82) is 0 Å². The second-order valence-corrected chi connectivity index (χ2v) is 11.4. The third-order valence-electron chi connectivity index (χ3n) is 3.07. The Balaban J connectivity index is 0. The van der Waals surface area contributed by atoms with Gasteiger partial charge in [0.15, 0.2) is 0 Å². The first-order valence-corrected chi connectivity index (χ1v) is 13.7. The van der Waals surface area contributed by atoms with Gasteiger partial charge in [0.1, 0.15) is 0 Å². The quantitative estimate of drug-likeness (QED) is 0.157. The van der Waals surface area contributed by atoms with Gasteiger partial charge in [0.05, 0.1) is 0 Å². The summed E-state index contributed by atoms with van der Waals surface area (Å²) in [4.78, 5) is 0. The summed E-state index contributed by atoms with van der Waals surface area (Å²) in [5.74, 6) is 0. The molecule has 136 valence electrons. The Morgan fingerprint density at radius 3 is 1.88 bits per heavy atom. The van der Waals surface area contributed by atoms with Gasteiger partial charge in [-0.05, 0) is 12.8 Å². The predicted molar refractivity (Wildman–Crippen MR) is 109 cm³/mol. The molecule has 0 bridgehead atoms. The van der Waals surface area contributed by atoms with E-state index in [2.05, 4.69) is 62.8 Å². The summed E-state index contributed by atoms with van der Waals surface area (Å²) in [6.07, 6.45) is 16.5. The number of nitrogens with zero attached hydrogens (tertiary/aromatic N) is 2. The Labute approximate surface area is 163 Å². The second-order valence-electron chi connectivity index (χ2n) is 5.24. The molecule has 0 aromatic carbocycles. The van der Waals surface area contributed by atoms with Crippen molar-refractivity contribution < 1.29 is 22.9 Å². The van der Waals surface area contributed by atoms with Crippen molar-refractivity contribution in [3.63, 3.8) is 0 Å². The molecule has 0 aliphatic heterocycles. The predicted octanol–water partition coefficient (Wildman–Crippen LogP) is 7.04. The van der Waals surface area contributed by atoms with Gasteiger partial charge in [0, 0.05) is 0 Å². The molecule has 24 heavy (non-hydrogen) atoms. The van der Waals surface area contributed by atoms with E-state index in [4.69, 9.17) is 0 Å². The monoisotopic (exact) mass is 498 g/mol. The molecule has 0 heterocycles. The van der Waals surface area contributed by atoms with Gasteiger partial charge in [0.2, 0.25) is 0 Å². The van der Waals surface area contributed by atoms with E-state index in [1.807, 2.05) is 12.2 Å². The zero-order chi connectivity index (χ0) is 18.3. The van der Waals surface area contributed by atoms with Crippen LogP contribution in [-0.4, -0.2) is 26.2 Å². The Kier molecular flexibility index (Phi) is 27.1. The zero-order valence-corrected chi connectivity index (χ0v) is 19.9. The summed E-state index contributed by atoms with van der Waals surface area (Å²) in [6, 6.07) is 0. The first-order chi connectivity index (χ1) is 11.8. The summed E-state index contributed by atoms with van der Waals surface area (Å²) in [5, 5.41) is 8.32. The molecule has 0 radical (unpaired) electrons. The van der Waals surface area contributed by atoms with E-state index in [-0.39, 0.29) is 22.9 Å². The van der Waals surface area contributed by atoms with Gasteiger partial charge in [-0.25, -0.2) is 0 Å². The third-order valence-corrected chi connectivity index (χ3v) is 7.31. The van der Waals surface area contributed by atoms with Crippen LogP contribution in [0.2, 0.25) is 4.18 Å². The van der Waals surface area contributed by atoms with Crippen LogP contribution >= 0.6 is 0 Å². The molecule has 0 aromatic rings. The number of hydrogen-bond donors (Lipinski definition) is 0. The van der Waals surface area contributed by atoms with E-state index in [0.717, 1.165) is 51.9 Å². The summed E-state index contributed by atoms with van der Waals surface area (Å²) < 4.78 is 3.26. The Morgan fingerprint density at radius 1 is 1.00 bits per heavy atom. The third kappa shape index (κ3) is 24.0. The van der Waals surface area contributed by atoms with Crippen molar-refractivity contribution >= 4 is 0 Å². The van der Waals surface area contributed by atoms with Crippen molar-refractivity contribution in [2.24, 2.45) is 0 Å². The van der Waals surface area contributed by atoms with Crippen LogP contribution in [0, 0.1) is 0 Å². The van der Waals surface area contributed by atoms with E-state index in [1.54, 1.807) is 3.33 Å². The summed E-state index contributed by atoms with van der Waals surface area (Å²) in [5.41, 5.74) is 0. The Morgan fingerprint density at radius 2 is 1.54 bits per heavy atom. The van der Waals surface area contributed by atoms with Crippen LogP contribution in [-0.2, 0) is 22.9 Å². The average Bonchev–Trinajstić information content (AvgIpc) is 3.11. The molecule has 1 rings (SSSR count). The second kappa shape index (κ2) is 25.0. The summed E-state index contributed by atoms with van der Waals surface area (Å²) in [6.45, 7) is 17.6. The van der Waals surface area contributed by atoms with Gasteiger partial charge in [-0.2, -0.15) is 13.1 Å². The topological polar surface area (TPSA) is 28.2 Å². The van der Waals surface area contributed by atoms with Crippen molar-refractivity contribution in [3.05, 3.63) is 57.5 Å². The van der Waals surface area contributed by atoms with E-state index in [1.165, 1.54) is 10.6 Å². The molecule has 0 saturated carbocycles. The molecule has 0 spiro atoms. The van der Waals surface area contributed by atoms with Gasteiger partial charge in [-0.3, -0.25) is 0 Å². The van der Waals surface area contributed by atoms with Crippen LogP contribution in [0.1, 0.15) is 52.9 Å². The first kappa shape index (κ1) is 26.0. The molecule has 1 aliphatic carbocycles. The van der Waals surface area contributed by atoms with Gasteiger partial charge in [0.25, 0.3) is 0 Å². The summed E-state index contributed by atoms with van der Waals surface area (Å²) >= 11 is -0.238. The van der Waals surface area contributed by atoms with Gasteiger partial charge in [-0.15, -0.1) is 26.2 Å². The van der Waals surface area contributed by atoms with E-state index < -0.39 is 0 Å². The van der Waals surface area contributed by atoms with Crippen LogP contribution in [0.3, 0.4) is 0 Å². The van der Waals surface area contributed by atoms with Crippen LogP contribution in [0.15, 0.2) is 46.9 Å². The fraction of sp³-hybridized carbons (Fsp3) is 0.619. The standard InChI is InChI=1S/2C7H14N.C5H5.C2H5.Hf/c2*1-3-5-6-7-8-4-2;1-2-4-5-3-1;1-2;/h2*3H,1,4-7H2,2H3;1-3H,4H2;1H2,2H3;/q2*-1;;;+2. The number of rotatable bonds is 12. The minimum absolute atomic E-state index is 0.238. The van der Waals surface area contributed by atoms with Gasteiger partial charge < -0.3 is 10.6 Å². The van der Waals surface area contributed by atoms with Crippen molar-refractivity contribution in [2.45, 2.75) is 57.1 Å². The average molecular weight is 497 g/mol. The van der Waals surface area contributed by atoms with E-state index >= 15 is 0 Å².